The van der Waals surface area contributed by atoms with Gasteiger partial charge in [0.05, 0.1) is 26.4 Å². The molecule has 2 N–H and O–H groups in total. The predicted molar refractivity (Wildman–Crippen MR) is 138 cm³/mol. The Morgan fingerprint density at radius 3 is 2.54 bits per heavy atom. The molecular weight excluding hydrogens is 511 g/mol. The zero-order chi connectivity index (χ0) is 24.9. The fourth-order valence-electron chi connectivity index (χ4n) is 3.59. The number of rotatable bonds is 16. The van der Waals surface area contributed by atoms with E-state index in [9.17, 15) is 9.59 Å². The first kappa shape index (κ1) is 27.8. The summed E-state index contributed by atoms with van der Waals surface area (Å²) in [6, 6.07) is 11.7. The average molecular weight is 541 g/mol. The molecule has 1 aliphatic carbocycles. The van der Waals surface area contributed by atoms with Crippen molar-refractivity contribution in [2.75, 3.05) is 39.5 Å². The predicted octanol–water partition coefficient (Wildman–Crippen LogP) is 4.78. The quantitative estimate of drug-likeness (QED) is 0.180. The largest absolute Gasteiger partial charge is 0.486 e. The maximum absolute atomic E-state index is 11.3. The van der Waals surface area contributed by atoms with Crippen LogP contribution in [-0.4, -0.2) is 51.7 Å². The molecule has 2 aromatic carbocycles. The lowest BCUT2D eigenvalue weighted by atomic mass is 10.1. The van der Waals surface area contributed by atoms with Crippen LogP contribution in [-0.2, 0) is 25.5 Å². The highest BCUT2D eigenvalue weighted by atomic mass is 35.5. The second-order valence-electron chi connectivity index (χ2n) is 7.85. The van der Waals surface area contributed by atoms with Crippen LogP contribution < -0.4 is 14.8 Å². The summed E-state index contributed by atoms with van der Waals surface area (Å²) in [7, 11) is 0. The van der Waals surface area contributed by atoms with E-state index in [2.05, 4.69) is 10.0 Å². The van der Waals surface area contributed by atoms with Crippen molar-refractivity contribution in [3.8, 4) is 5.75 Å². The normalized spacial score (nSPS) is 14.5. The molecule has 0 spiro atoms. The van der Waals surface area contributed by atoms with Crippen LogP contribution in [0.4, 0.5) is 0 Å². The Labute approximate surface area is 220 Å². The number of benzene rings is 2. The van der Waals surface area contributed by atoms with Crippen molar-refractivity contribution in [1.82, 2.24) is 10.0 Å². The monoisotopic (exact) mass is 540 g/mol. The maximum Gasteiger partial charge on any atom is 0.220 e. The fourth-order valence-corrected chi connectivity index (χ4v) is 4.82. The molecule has 1 aliphatic rings. The van der Waals surface area contributed by atoms with Crippen LogP contribution in [0.1, 0.15) is 36.5 Å². The Kier molecular flexibility index (Phi) is 12.2. The first-order valence-corrected chi connectivity index (χ1v) is 13.1. The molecule has 10 heteroatoms. The van der Waals surface area contributed by atoms with E-state index >= 15 is 0 Å². The Balaban J connectivity index is 1.23. The summed E-state index contributed by atoms with van der Waals surface area (Å²) in [6.07, 6.45) is 2.94. The molecule has 1 amide bonds. The van der Waals surface area contributed by atoms with Crippen LogP contribution in [0.3, 0.4) is 0 Å². The minimum absolute atomic E-state index is 0.0360. The molecule has 0 saturated heterocycles. The van der Waals surface area contributed by atoms with Gasteiger partial charge in [0.15, 0.2) is 0 Å². The number of aldehydes is 1. The highest BCUT2D eigenvalue weighted by Crippen LogP contribution is 2.40. The molecule has 3 rings (SSSR count). The van der Waals surface area contributed by atoms with E-state index in [4.69, 9.17) is 37.4 Å². The minimum atomic E-state index is -0.141. The molecular formula is C25H30Cl2N2O5S. The Bertz CT molecular complexity index is 962. The third-order valence-corrected chi connectivity index (χ3v) is 6.68. The minimum Gasteiger partial charge on any atom is -0.486 e. The number of carbonyl (C=O) groups excluding carboxylic acids is 2. The van der Waals surface area contributed by atoms with Crippen molar-refractivity contribution in [3.05, 3.63) is 57.6 Å². The molecule has 0 aliphatic heterocycles. The lowest BCUT2D eigenvalue weighted by molar-refractivity contribution is -0.122. The molecule has 0 aromatic heterocycles. The number of hydrogen-bond acceptors (Lipinski definition) is 7. The van der Waals surface area contributed by atoms with Crippen molar-refractivity contribution >= 4 is 47.3 Å². The molecule has 0 heterocycles. The molecule has 0 fully saturated rings. The van der Waals surface area contributed by atoms with Gasteiger partial charge in [-0.2, -0.15) is 0 Å². The molecule has 1 atom stereocenters. The van der Waals surface area contributed by atoms with Crippen molar-refractivity contribution in [1.29, 1.82) is 0 Å². The number of fused-ring (bicyclic) bond motifs is 1. The molecule has 190 valence electrons. The number of halogens is 2. The molecule has 0 radical (unpaired) electrons. The molecule has 0 bridgehead atoms. The Morgan fingerprint density at radius 2 is 1.80 bits per heavy atom. The molecule has 7 nitrogen and oxygen atoms in total. The van der Waals surface area contributed by atoms with E-state index in [0.29, 0.717) is 49.6 Å². The van der Waals surface area contributed by atoms with Crippen LogP contribution in [0.25, 0.3) is 0 Å². The number of nitrogens with one attached hydrogen (secondary N) is 2. The van der Waals surface area contributed by atoms with Gasteiger partial charge in [-0.05, 0) is 72.3 Å². The molecule has 0 saturated carbocycles. The third kappa shape index (κ3) is 9.63. The average Bonchev–Trinajstić information content (AvgIpc) is 3.24. The molecule has 2 aromatic rings. The summed E-state index contributed by atoms with van der Waals surface area (Å²) in [6.45, 7) is 3.04. The highest BCUT2D eigenvalue weighted by Gasteiger charge is 2.26. The lowest BCUT2D eigenvalue weighted by Crippen LogP contribution is -2.27. The van der Waals surface area contributed by atoms with Gasteiger partial charge in [0.25, 0.3) is 0 Å². The van der Waals surface area contributed by atoms with Gasteiger partial charge in [0.1, 0.15) is 18.1 Å². The SMILES string of the molecule is O=CCCC(=O)NCCOCCOCCNSc1ccc(OC2CCc3c(Cl)cc(Cl)cc32)cc1. The van der Waals surface area contributed by atoms with Gasteiger partial charge in [-0.15, -0.1) is 0 Å². The van der Waals surface area contributed by atoms with Crippen LogP contribution in [0.15, 0.2) is 41.3 Å². The number of carbonyl (C=O) groups is 2. The van der Waals surface area contributed by atoms with Crippen molar-refractivity contribution in [3.63, 3.8) is 0 Å². The van der Waals surface area contributed by atoms with Crippen molar-refractivity contribution < 1.29 is 23.8 Å². The zero-order valence-electron chi connectivity index (χ0n) is 19.4. The van der Waals surface area contributed by atoms with Crippen LogP contribution in [0.2, 0.25) is 10.0 Å². The van der Waals surface area contributed by atoms with Crippen LogP contribution in [0.5, 0.6) is 5.75 Å². The highest BCUT2D eigenvalue weighted by molar-refractivity contribution is 7.97. The molecule has 1 unspecified atom stereocenters. The summed E-state index contributed by atoms with van der Waals surface area (Å²) in [5.41, 5.74) is 2.20. The van der Waals surface area contributed by atoms with E-state index < -0.39 is 0 Å². The van der Waals surface area contributed by atoms with Crippen LogP contribution >= 0.6 is 35.1 Å². The second kappa shape index (κ2) is 15.3. The lowest BCUT2D eigenvalue weighted by Gasteiger charge is -2.16. The van der Waals surface area contributed by atoms with Gasteiger partial charge in [0, 0.05) is 40.9 Å². The zero-order valence-corrected chi connectivity index (χ0v) is 21.7. The van der Waals surface area contributed by atoms with E-state index in [1.54, 1.807) is 6.07 Å². The van der Waals surface area contributed by atoms with Gasteiger partial charge < -0.3 is 24.3 Å². The second-order valence-corrected chi connectivity index (χ2v) is 9.66. The number of amides is 1. The summed E-state index contributed by atoms with van der Waals surface area (Å²) < 4.78 is 20.4. The van der Waals surface area contributed by atoms with Crippen LogP contribution in [0, 0.1) is 0 Å². The van der Waals surface area contributed by atoms with Gasteiger partial charge in [-0.1, -0.05) is 23.2 Å². The van der Waals surface area contributed by atoms with E-state index in [1.165, 1.54) is 11.9 Å². The fraction of sp³-hybridized carbons (Fsp3) is 0.440. The third-order valence-electron chi connectivity index (χ3n) is 5.27. The summed E-state index contributed by atoms with van der Waals surface area (Å²) in [5, 5.41) is 4.03. The van der Waals surface area contributed by atoms with Gasteiger partial charge >= 0.3 is 0 Å². The number of ether oxygens (including phenoxy) is 3. The molecule has 35 heavy (non-hydrogen) atoms. The first-order chi connectivity index (χ1) is 17.1. The van der Waals surface area contributed by atoms with Crippen molar-refractivity contribution in [2.45, 2.75) is 36.7 Å². The van der Waals surface area contributed by atoms with E-state index in [0.717, 1.165) is 40.9 Å². The van der Waals surface area contributed by atoms with Gasteiger partial charge in [-0.25, -0.2) is 0 Å². The Morgan fingerprint density at radius 1 is 1.06 bits per heavy atom. The van der Waals surface area contributed by atoms with Gasteiger partial charge in [0.2, 0.25) is 5.91 Å². The van der Waals surface area contributed by atoms with E-state index in [-0.39, 0.29) is 24.9 Å². The summed E-state index contributed by atoms with van der Waals surface area (Å²) in [4.78, 5) is 22.6. The maximum atomic E-state index is 11.3. The topological polar surface area (TPSA) is 85.9 Å². The first-order valence-electron chi connectivity index (χ1n) is 11.6. The smallest absolute Gasteiger partial charge is 0.220 e. The standard InChI is InChI=1S/C25H30Cl2N2O5S/c26-18-16-22-21(23(27)17-18)7-8-24(22)34-19-3-5-20(6-4-19)35-29-10-13-33-15-14-32-12-9-28-25(31)2-1-11-30/h3-6,11,16-17,24,29H,1-2,7-10,12-15H2,(H,28,31). The summed E-state index contributed by atoms with van der Waals surface area (Å²) >= 11 is 14.0. The number of hydrogen-bond donors (Lipinski definition) is 2. The summed E-state index contributed by atoms with van der Waals surface area (Å²) in [5.74, 6) is 0.671. The van der Waals surface area contributed by atoms with E-state index in [1.807, 2.05) is 30.3 Å². The van der Waals surface area contributed by atoms with Crippen molar-refractivity contribution in [2.24, 2.45) is 0 Å². The Hall–Kier alpha value is -1.81. The van der Waals surface area contributed by atoms with Gasteiger partial charge in [-0.3, -0.25) is 9.52 Å².